The Labute approximate surface area is 207 Å². The third kappa shape index (κ3) is 4.82. The molecule has 0 amide bonds. The third-order valence-electron chi connectivity index (χ3n) is 10.3. The zero-order valence-corrected chi connectivity index (χ0v) is 21.1. The number of carbonyl (C=O) groups is 4. The van der Waals surface area contributed by atoms with Crippen LogP contribution in [-0.4, -0.2) is 48.3 Å². The molecule has 35 heavy (non-hydrogen) atoms. The Morgan fingerprint density at radius 2 is 1.77 bits per heavy atom. The Morgan fingerprint density at radius 3 is 2.43 bits per heavy atom. The third-order valence-corrected chi connectivity index (χ3v) is 10.3. The van der Waals surface area contributed by atoms with E-state index >= 15 is 0 Å². The van der Waals surface area contributed by atoms with E-state index in [1.807, 2.05) is 0 Å². The fourth-order valence-electron chi connectivity index (χ4n) is 9.07. The molecule has 4 aliphatic carbocycles. The van der Waals surface area contributed by atoms with Gasteiger partial charge in [-0.1, -0.05) is 13.8 Å². The lowest BCUT2D eigenvalue weighted by molar-refractivity contribution is -0.203. The SMILES string of the molecule is CC(=O)O[C@H]1C[C@@H]2[C@H]3CC[C@@H](OC=O)C[C@H]3C[C@@H](OC=O)[C@H]2[C@@H]2CCC([C@H](C)CCC(=O)O)[C@@]12C. The summed E-state index contributed by atoms with van der Waals surface area (Å²) in [5, 5.41) is 9.24. The lowest BCUT2D eigenvalue weighted by Crippen LogP contribution is -2.60. The maximum absolute atomic E-state index is 12.2. The normalized spacial score (nSPS) is 43.0. The minimum Gasteiger partial charge on any atom is -0.481 e. The van der Waals surface area contributed by atoms with E-state index in [0.717, 1.165) is 44.9 Å². The van der Waals surface area contributed by atoms with Crippen molar-refractivity contribution in [2.24, 2.45) is 46.8 Å². The van der Waals surface area contributed by atoms with Gasteiger partial charge in [0.05, 0.1) is 0 Å². The van der Waals surface area contributed by atoms with Gasteiger partial charge in [-0.15, -0.1) is 0 Å². The summed E-state index contributed by atoms with van der Waals surface area (Å²) in [7, 11) is 0. The van der Waals surface area contributed by atoms with Gasteiger partial charge in [-0.2, -0.15) is 0 Å². The van der Waals surface area contributed by atoms with E-state index in [0.29, 0.717) is 31.2 Å². The molecule has 0 aliphatic heterocycles. The number of ether oxygens (including phenoxy) is 3. The van der Waals surface area contributed by atoms with E-state index in [2.05, 4.69) is 13.8 Å². The summed E-state index contributed by atoms with van der Waals surface area (Å²) in [6, 6.07) is 0. The highest BCUT2D eigenvalue weighted by atomic mass is 16.5. The molecule has 1 N–H and O–H groups in total. The van der Waals surface area contributed by atoms with Crippen LogP contribution in [0.1, 0.15) is 78.6 Å². The minimum atomic E-state index is -0.788. The van der Waals surface area contributed by atoms with E-state index in [4.69, 9.17) is 14.2 Å². The topological polar surface area (TPSA) is 116 Å². The van der Waals surface area contributed by atoms with Crippen LogP contribution >= 0.6 is 0 Å². The van der Waals surface area contributed by atoms with Crippen LogP contribution in [0, 0.1) is 46.8 Å². The molecule has 0 aromatic heterocycles. The average Bonchev–Trinajstić information content (AvgIpc) is 3.16. The molecule has 4 rings (SSSR count). The van der Waals surface area contributed by atoms with Crippen molar-refractivity contribution in [2.75, 3.05) is 0 Å². The molecule has 0 radical (unpaired) electrons. The fraction of sp³-hybridized carbons (Fsp3) is 0.852. The van der Waals surface area contributed by atoms with Gasteiger partial charge in [0.1, 0.15) is 18.3 Å². The predicted octanol–water partition coefficient (Wildman–Crippen LogP) is 3.99. The lowest BCUT2D eigenvalue weighted by Gasteiger charge is -2.60. The first kappa shape index (κ1) is 26.0. The summed E-state index contributed by atoms with van der Waals surface area (Å²) >= 11 is 0. The average molecular weight is 493 g/mol. The summed E-state index contributed by atoms with van der Waals surface area (Å²) in [4.78, 5) is 46.0. The number of hydrogen-bond acceptors (Lipinski definition) is 7. The number of fused-ring (bicyclic) bond motifs is 5. The van der Waals surface area contributed by atoms with Gasteiger partial charge in [-0.25, -0.2) is 0 Å². The zero-order chi connectivity index (χ0) is 25.3. The predicted molar refractivity (Wildman–Crippen MR) is 125 cm³/mol. The van der Waals surface area contributed by atoms with Crippen molar-refractivity contribution in [2.45, 2.75) is 96.9 Å². The summed E-state index contributed by atoms with van der Waals surface area (Å²) in [6.07, 6.45) is 6.18. The van der Waals surface area contributed by atoms with E-state index < -0.39 is 5.97 Å². The summed E-state index contributed by atoms with van der Waals surface area (Å²) in [5.74, 6) is 0.773. The van der Waals surface area contributed by atoms with Crippen molar-refractivity contribution in [1.82, 2.24) is 0 Å². The molecule has 4 fully saturated rings. The second-order valence-corrected chi connectivity index (χ2v) is 11.7. The van der Waals surface area contributed by atoms with Crippen molar-refractivity contribution in [3.8, 4) is 0 Å². The van der Waals surface area contributed by atoms with Crippen LogP contribution in [0.15, 0.2) is 0 Å². The Kier molecular flexibility index (Phi) is 7.77. The van der Waals surface area contributed by atoms with Gasteiger partial charge in [0.25, 0.3) is 12.9 Å². The number of carboxylic acids is 1. The molecule has 4 aliphatic rings. The van der Waals surface area contributed by atoms with Crippen LogP contribution in [0.2, 0.25) is 0 Å². The van der Waals surface area contributed by atoms with Gasteiger partial charge in [0.15, 0.2) is 0 Å². The van der Waals surface area contributed by atoms with Crippen LogP contribution in [-0.2, 0) is 33.4 Å². The second kappa shape index (κ2) is 10.5. The van der Waals surface area contributed by atoms with Crippen LogP contribution in [0.25, 0.3) is 0 Å². The molecule has 0 aromatic carbocycles. The Balaban J connectivity index is 1.66. The number of carboxylic acid groups (broad SMARTS) is 1. The molecule has 0 bridgehead atoms. The molecule has 8 nitrogen and oxygen atoms in total. The molecule has 0 aromatic rings. The molecular weight excluding hydrogens is 452 g/mol. The molecule has 0 heterocycles. The fourth-order valence-corrected chi connectivity index (χ4v) is 9.07. The van der Waals surface area contributed by atoms with Crippen molar-refractivity contribution >= 4 is 24.9 Å². The van der Waals surface area contributed by atoms with Gasteiger partial charge in [0.2, 0.25) is 0 Å². The lowest BCUT2D eigenvalue weighted by atomic mass is 9.47. The van der Waals surface area contributed by atoms with Crippen LogP contribution in [0.3, 0.4) is 0 Å². The second-order valence-electron chi connectivity index (χ2n) is 11.7. The van der Waals surface area contributed by atoms with Crippen LogP contribution in [0.4, 0.5) is 0 Å². The highest BCUT2D eigenvalue weighted by molar-refractivity contribution is 5.66. The van der Waals surface area contributed by atoms with E-state index in [1.165, 1.54) is 6.92 Å². The molecule has 4 saturated carbocycles. The zero-order valence-electron chi connectivity index (χ0n) is 21.1. The minimum absolute atomic E-state index is 0.0914. The van der Waals surface area contributed by atoms with Crippen LogP contribution < -0.4 is 0 Å². The quantitative estimate of drug-likeness (QED) is 0.292. The standard InChI is InChI=1S/C27H40O8/c1-15(4-9-25(31)32)21-7-8-22-26-20(12-24(27(21,22)3)35-16(2)30)19-6-5-18(33-13-28)10-17(19)11-23(26)34-14-29/h13-15,17-24,26H,4-12H2,1-3H3,(H,31,32)/t15-,17+,18-,19+,20-,21?,22+,23-,24+,26-,27-/m1/s1. The summed E-state index contributed by atoms with van der Waals surface area (Å²) in [6.45, 7) is 6.93. The van der Waals surface area contributed by atoms with E-state index in [1.54, 1.807) is 0 Å². The first-order valence-electron chi connectivity index (χ1n) is 13.3. The molecule has 0 spiro atoms. The van der Waals surface area contributed by atoms with Crippen molar-refractivity contribution in [3.63, 3.8) is 0 Å². The highest BCUT2D eigenvalue weighted by Gasteiger charge is 2.65. The van der Waals surface area contributed by atoms with Gasteiger partial charge in [0, 0.05) is 24.7 Å². The van der Waals surface area contributed by atoms with Crippen molar-refractivity contribution in [1.29, 1.82) is 0 Å². The molecule has 11 atom stereocenters. The number of rotatable bonds is 9. The molecule has 0 saturated heterocycles. The monoisotopic (exact) mass is 492 g/mol. The molecular formula is C27H40O8. The first-order chi connectivity index (χ1) is 16.7. The molecule has 1 unspecified atom stereocenters. The number of aliphatic carboxylic acids is 1. The molecule has 8 heteroatoms. The number of esters is 1. The van der Waals surface area contributed by atoms with Crippen molar-refractivity contribution in [3.05, 3.63) is 0 Å². The van der Waals surface area contributed by atoms with E-state index in [9.17, 15) is 24.3 Å². The summed E-state index contributed by atoms with van der Waals surface area (Å²) < 4.78 is 17.1. The Hall–Kier alpha value is -2.12. The largest absolute Gasteiger partial charge is 0.481 e. The van der Waals surface area contributed by atoms with Crippen molar-refractivity contribution < 1.29 is 38.5 Å². The first-order valence-corrected chi connectivity index (χ1v) is 13.3. The molecule has 196 valence electrons. The maximum atomic E-state index is 12.2. The van der Waals surface area contributed by atoms with Gasteiger partial charge < -0.3 is 19.3 Å². The maximum Gasteiger partial charge on any atom is 0.303 e. The highest BCUT2D eigenvalue weighted by Crippen LogP contribution is 2.66. The Morgan fingerprint density at radius 1 is 1.03 bits per heavy atom. The van der Waals surface area contributed by atoms with Gasteiger partial charge in [-0.3, -0.25) is 19.2 Å². The summed E-state index contributed by atoms with van der Waals surface area (Å²) in [5.41, 5.74) is -0.292. The van der Waals surface area contributed by atoms with Gasteiger partial charge in [-0.05, 0) is 86.9 Å². The Bertz CT molecular complexity index is 813. The number of carbonyl (C=O) groups excluding carboxylic acids is 3. The van der Waals surface area contributed by atoms with E-state index in [-0.39, 0.29) is 65.7 Å². The van der Waals surface area contributed by atoms with Gasteiger partial charge >= 0.3 is 11.9 Å². The number of hydrogen-bond donors (Lipinski definition) is 1. The smallest absolute Gasteiger partial charge is 0.303 e. The van der Waals surface area contributed by atoms with Crippen LogP contribution in [0.5, 0.6) is 0 Å².